The van der Waals surface area contributed by atoms with Crippen LogP contribution in [0, 0.1) is 13.8 Å². The van der Waals surface area contributed by atoms with Gasteiger partial charge in [-0.1, -0.05) is 29.8 Å². The molecule has 2 rings (SSSR count). The largest absolute Gasteiger partial charge is 0.387 e. The molecule has 1 atom stereocenters. The van der Waals surface area contributed by atoms with Crippen molar-refractivity contribution in [2.75, 3.05) is 6.54 Å². The van der Waals surface area contributed by atoms with Crippen LogP contribution in [0.5, 0.6) is 0 Å². The minimum absolute atomic E-state index is 0.119. The molecule has 2 N–H and O–H groups in total. The number of aromatic nitrogens is 1. The summed E-state index contributed by atoms with van der Waals surface area (Å²) in [6, 6.07) is 9.26. The van der Waals surface area contributed by atoms with Gasteiger partial charge in [0.2, 0.25) is 0 Å². The number of aryl methyl sites for hydroxylation is 1. The van der Waals surface area contributed by atoms with E-state index in [1.807, 2.05) is 26.0 Å². The Morgan fingerprint density at radius 2 is 1.96 bits per heavy atom. The van der Waals surface area contributed by atoms with Crippen molar-refractivity contribution < 1.29 is 9.90 Å². The maximum absolute atomic E-state index is 12.4. The summed E-state index contributed by atoms with van der Waals surface area (Å²) >= 11 is 6.06. The number of halogens is 1. The zero-order chi connectivity index (χ0) is 17.1. The lowest BCUT2D eigenvalue weighted by Gasteiger charge is -2.15. The normalized spacial score (nSPS) is 12.5. The van der Waals surface area contributed by atoms with E-state index in [-0.39, 0.29) is 12.5 Å². The van der Waals surface area contributed by atoms with E-state index in [1.54, 1.807) is 18.2 Å². The summed E-state index contributed by atoms with van der Waals surface area (Å²) in [5.41, 5.74) is 3.24. The van der Waals surface area contributed by atoms with Crippen LogP contribution in [0.3, 0.4) is 0 Å². The minimum Gasteiger partial charge on any atom is -0.387 e. The van der Waals surface area contributed by atoms with E-state index < -0.39 is 6.10 Å². The van der Waals surface area contributed by atoms with Crippen molar-refractivity contribution in [3.63, 3.8) is 0 Å². The quantitative estimate of drug-likeness (QED) is 0.873. The number of hydrogen-bond acceptors (Lipinski definition) is 2. The van der Waals surface area contributed by atoms with Gasteiger partial charge in [-0.2, -0.15) is 0 Å². The van der Waals surface area contributed by atoms with Crippen molar-refractivity contribution in [2.45, 2.75) is 39.8 Å². The molecule has 1 heterocycles. The lowest BCUT2D eigenvalue weighted by molar-refractivity contribution is 0.0915. The molecule has 1 aromatic carbocycles. The van der Waals surface area contributed by atoms with E-state index in [0.29, 0.717) is 22.2 Å². The molecule has 124 valence electrons. The number of benzene rings is 1. The summed E-state index contributed by atoms with van der Waals surface area (Å²) in [5.74, 6) is -0.184. The molecule has 0 bridgehead atoms. The highest BCUT2D eigenvalue weighted by Gasteiger charge is 2.18. The van der Waals surface area contributed by atoms with Crippen molar-refractivity contribution >= 4 is 17.5 Å². The van der Waals surface area contributed by atoms with Gasteiger partial charge in [0.1, 0.15) is 0 Å². The number of aliphatic hydroxyl groups is 1. The van der Waals surface area contributed by atoms with Crippen molar-refractivity contribution in [3.05, 3.63) is 57.9 Å². The Kier molecular flexibility index (Phi) is 5.50. The summed E-state index contributed by atoms with van der Waals surface area (Å²) in [7, 11) is 0. The second-order valence-electron chi connectivity index (χ2n) is 6.00. The van der Waals surface area contributed by atoms with Crippen molar-refractivity contribution in [1.29, 1.82) is 0 Å². The van der Waals surface area contributed by atoms with E-state index in [1.165, 1.54) is 0 Å². The fourth-order valence-electron chi connectivity index (χ4n) is 2.94. The Balaban J connectivity index is 2.09. The van der Waals surface area contributed by atoms with Crippen LogP contribution in [-0.4, -0.2) is 22.1 Å². The minimum atomic E-state index is -0.832. The van der Waals surface area contributed by atoms with Crippen molar-refractivity contribution in [1.82, 2.24) is 9.88 Å². The van der Waals surface area contributed by atoms with E-state index in [4.69, 9.17) is 11.6 Å². The topological polar surface area (TPSA) is 54.3 Å². The molecule has 1 amide bonds. The number of nitrogens with zero attached hydrogens (tertiary/aromatic N) is 1. The molecule has 0 saturated heterocycles. The smallest absolute Gasteiger partial charge is 0.253 e. The van der Waals surface area contributed by atoms with E-state index in [9.17, 15) is 9.90 Å². The maximum Gasteiger partial charge on any atom is 0.253 e. The van der Waals surface area contributed by atoms with Crippen molar-refractivity contribution in [3.8, 4) is 0 Å². The Morgan fingerprint density at radius 1 is 1.30 bits per heavy atom. The second kappa shape index (κ2) is 7.20. The molecule has 5 heteroatoms. The van der Waals surface area contributed by atoms with Gasteiger partial charge in [-0.25, -0.2) is 0 Å². The molecule has 1 aromatic heterocycles. The predicted octanol–water partition coefficient (Wildman–Crippen LogP) is 3.80. The highest BCUT2D eigenvalue weighted by Crippen LogP contribution is 2.23. The van der Waals surface area contributed by atoms with Crippen LogP contribution in [0.1, 0.15) is 53.3 Å². The molecule has 2 aromatic rings. The van der Waals surface area contributed by atoms with E-state index in [2.05, 4.69) is 23.7 Å². The molecule has 0 aliphatic carbocycles. The molecule has 4 nitrogen and oxygen atoms in total. The third-order valence-corrected chi connectivity index (χ3v) is 4.31. The van der Waals surface area contributed by atoms with Crippen LogP contribution in [-0.2, 0) is 0 Å². The first-order chi connectivity index (χ1) is 10.8. The molecule has 0 spiro atoms. The first-order valence-corrected chi connectivity index (χ1v) is 8.09. The van der Waals surface area contributed by atoms with Gasteiger partial charge in [0.05, 0.1) is 11.7 Å². The van der Waals surface area contributed by atoms with Gasteiger partial charge < -0.3 is 15.0 Å². The number of amides is 1. The maximum atomic E-state index is 12.4. The molecular weight excluding hydrogens is 312 g/mol. The van der Waals surface area contributed by atoms with Crippen LogP contribution in [0.2, 0.25) is 5.02 Å². The number of rotatable bonds is 5. The highest BCUT2D eigenvalue weighted by atomic mass is 35.5. The van der Waals surface area contributed by atoms with Gasteiger partial charge in [0, 0.05) is 34.6 Å². The van der Waals surface area contributed by atoms with Crippen LogP contribution < -0.4 is 5.32 Å². The van der Waals surface area contributed by atoms with Gasteiger partial charge in [-0.05, 0) is 39.8 Å². The monoisotopic (exact) mass is 334 g/mol. The van der Waals surface area contributed by atoms with E-state index in [0.717, 1.165) is 11.4 Å². The zero-order valence-corrected chi connectivity index (χ0v) is 14.7. The third-order valence-electron chi connectivity index (χ3n) is 3.97. The Morgan fingerprint density at radius 3 is 2.52 bits per heavy atom. The lowest BCUT2D eigenvalue weighted by Crippen LogP contribution is -2.28. The molecule has 1 unspecified atom stereocenters. The fourth-order valence-corrected chi connectivity index (χ4v) is 3.20. The van der Waals surface area contributed by atoms with E-state index >= 15 is 0 Å². The van der Waals surface area contributed by atoms with Crippen LogP contribution in [0.25, 0.3) is 0 Å². The van der Waals surface area contributed by atoms with Gasteiger partial charge in [0.25, 0.3) is 5.91 Å². The highest BCUT2D eigenvalue weighted by molar-refractivity contribution is 6.31. The number of carbonyl (C=O) groups excluding carboxylic acids is 1. The van der Waals surface area contributed by atoms with Crippen LogP contribution >= 0.6 is 11.6 Å². The zero-order valence-electron chi connectivity index (χ0n) is 13.9. The molecule has 23 heavy (non-hydrogen) atoms. The number of nitrogens with one attached hydrogen (secondary N) is 1. The Labute approximate surface area is 142 Å². The van der Waals surface area contributed by atoms with Gasteiger partial charge in [0.15, 0.2) is 0 Å². The number of carbonyl (C=O) groups is 1. The molecule has 0 radical (unpaired) electrons. The van der Waals surface area contributed by atoms with Gasteiger partial charge >= 0.3 is 0 Å². The SMILES string of the molecule is Cc1cc(C(=O)NCC(O)c2ccccc2Cl)c(C)n1C(C)C. The molecular formula is C18H23ClN2O2. The average molecular weight is 335 g/mol. The molecule has 0 saturated carbocycles. The molecule has 0 fully saturated rings. The Hall–Kier alpha value is -1.78. The first kappa shape index (κ1) is 17.6. The second-order valence-corrected chi connectivity index (χ2v) is 6.40. The lowest BCUT2D eigenvalue weighted by atomic mass is 10.1. The Bertz CT molecular complexity index is 707. The first-order valence-electron chi connectivity index (χ1n) is 7.72. The van der Waals surface area contributed by atoms with Crippen molar-refractivity contribution in [2.24, 2.45) is 0 Å². The summed E-state index contributed by atoms with van der Waals surface area (Å²) in [5, 5.41) is 13.5. The fraction of sp³-hybridized carbons (Fsp3) is 0.389. The summed E-state index contributed by atoms with van der Waals surface area (Å²) < 4.78 is 2.12. The van der Waals surface area contributed by atoms with Gasteiger partial charge in [-0.3, -0.25) is 4.79 Å². The number of aliphatic hydroxyl groups excluding tert-OH is 1. The standard InChI is InChI=1S/C18H23ClN2O2/c1-11(2)21-12(3)9-15(13(21)4)18(23)20-10-17(22)14-7-5-6-8-16(14)19/h5-9,11,17,22H,10H2,1-4H3,(H,20,23). The van der Waals surface area contributed by atoms with Crippen LogP contribution in [0.4, 0.5) is 0 Å². The summed E-state index contributed by atoms with van der Waals surface area (Å²) in [6.45, 7) is 8.22. The van der Waals surface area contributed by atoms with Gasteiger partial charge in [-0.15, -0.1) is 0 Å². The third kappa shape index (κ3) is 3.77. The predicted molar refractivity (Wildman–Crippen MR) is 93.0 cm³/mol. The number of hydrogen-bond donors (Lipinski definition) is 2. The summed E-state index contributed by atoms with van der Waals surface area (Å²) in [4.78, 5) is 12.4. The average Bonchev–Trinajstić information content (AvgIpc) is 2.80. The molecule has 0 aliphatic rings. The molecule has 0 aliphatic heterocycles. The van der Waals surface area contributed by atoms with Crippen LogP contribution in [0.15, 0.2) is 30.3 Å². The summed E-state index contributed by atoms with van der Waals surface area (Å²) in [6.07, 6.45) is -0.832.